The Labute approximate surface area is 671 Å². The van der Waals surface area contributed by atoms with Gasteiger partial charge in [0.05, 0.1) is 0 Å². The average molecular weight is 1690 g/mol. The molecule has 0 radical (unpaired) electrons. The van der Waals surface area contributed by atoms with Gasteiger partial charge in [-0.15, -0.1) is 0 Å². The van der Waals surface area contributed by atoms with Crippen molar-refractivity contribution in [3.63, 3.8) is 0 Å². The van der Waals surface area contributed by atoms with Gasteiger partial charge >= 0.3 is 21.1 Å². The number of rotatable bonds is 42. The molecule has 0 rings (SSSR count). The number of thiocarbonyl (C=S) groups is 6. The van der Waals surface area contributed by atoms with Gasteiger partial charge in [-0.1, -0.05) is 225 Å². The van der Waals surface area contributed by atoms with Crippen molar-refractivity contribution in [3.05, 3.63) is 0 Å². The van der Waals surface area contributed by atoms with E-state index in [4.69, 9.17) is 174 Å². The van der Waals surface area contributed by atoms with Gasteiger partial charge in [-0.05, 0) is 113 Å². The van der Waals surface area contributed by atoms with Crippen molar-refractivity contribution in [2.24, 2.45) is 35.5 Å². The van der Waals surface area contributed by atoms with Gasteiger partial charge in [0.2, 0.25) is 0 Å². The second-order valence-electron chi connectivity index (χ2n) is 20.8. The first-order chi connectivity index (χ1) is 43.2. The van der Waals surface area contributed by atoms with Gasteiger partial charge < -0.3 is 181 Å². The summed E-state index contributed by atoms with van der Waals surface area (Å²) in [6, 6.07) is 0. The van der Waals surface area contributed by atoms with Crippen molar-refractivity contribution in [1.82, 2.24) is 31.9 Å². The van der Waals surface area contributed by atoms with E-state index in [9.17, 15) is 0 Å². The molecular weight excluding hydrogens is 1570 g/mol. The largest absolute Gasteiger partial charge is 6.00 e. The first-order valence-corrected chi connectivity index (χ1v) is 38.8. The maximum absolute atomic E-state index is 7.83. The zero-order valence-corrected chi connectivity index (χ0v) is 73.8. The van der Waals surface area contributed by atoms with Crippen molar-refractivity contribution in [2.45, 2.75) is 276 Å². The summed E-state index contributed by atoms with van der Waals surface area (Å²) in [4.78, 5) is 0. The molecule has 12 nitrogen and oxygen atoms in total. The van der Waals surface area contributed by atoms with Gasteiger partial charge in [0.25, 0.3) is 0 Å². The molecule has 0 aliphatic heterocycles. The van der Waals surface area contributed by atoms with Crippen LogP contribution in [0.25, 0.3) is 0 Å². The van der Waals surface area contributed by atoms with E-state index in [0.717, 1.165) is 74.8 Å². The SMILES string of the molecule is CCCCC(CCC)CNC(=S)[S-].CCCCC(CCC)CNC(=S)[S-].CCCCC(CCC)CNC(=S)[S-].CCCCC(CCC)CNC(=S)[S-].CCCCC(CCC)CNC(=S)[S-].CCCCC(CCC)CNC(=S)[S-].O=S.O=S.O=S.O=S.O=S.O=S.[Mo+6]. The van der Waals surface area contributed by atoms with Gasteiger partial charge in [0.1, 0.15) is 0 Å². The molecule has 0 amide bonds. The minimum Gasteiger partial charge on any atom is -0.412 e. The Kier molecular flexibility index (Phi) is 160. The van der Waals surface area contributed by atoms with Crippen LogP contribution in [0.1, 0.15) is 276 Å². The molecule has 31 heteroatoms. The standard InChI is InChI=1S/6C10H21NS2.Mo.6OS/c6*1-3-5-7-9(6-4-2)8-11-10(12)13;;6*1-2/h6*9H,3-8H2,1-2H3,(H2,11,12,13);;;;;;;/q;;;;;;+6;;;;;;/p-6. The minimum atomic E-state index is 0. The summed E-state index contributed by atoms with van der Waals surface area (Å²) in [6.45, 7) is 32.6. The van der Waals surface area contributed by atoms with Crippen molar-refractivity contribution in [3.8, 4) is 0 Å². The Morgan fingerprint density at radius 2 is 0.319 bits per heavy atom. The normalized spacial score (nSPS) is 10.9. The fourth-order valence-corrected chi connectivity index (χ4v) is 9.86. The average Bonchev–Trinajstić information content (AvgIpc) is 3.57. The van der Waals surface area contributed by atoms with Crippen LogP contribution in [0.3, 0.4) is 0 Å². The van der Waals surface area contributed by atoms with Crippen LogP contribution in [0.4, 0.5) is 0 Å². The van der Waals surface area contributed by atoms with Crippen molar-refractivity contribution >= 4 is 250 Å². The Morgan fingerprint density at radius 1 is 0.220 bits per heavy atom. The second kappa shape index (κ2) is 119. The Morgan fingerprint density at radius 3 is 0.385 bits per heavy atom. The Bertz CT molecular complexity index is 1210. The van der Waals surface area contributed by atoms with Crippen molar-refractivity contribution < 1.29 is 46.3 Å². The maximum Gasteiger partial charge on any atom is 6.00 e. The molecule has 540 valence electrons. The maximum atomic E-state index is 7.83. The van der Waals surface area contributed by atoms with Crippen LogP contribution in [-0.2, 0) is 172 Å². The molecule has 6 unspecified atom stereocenters. The van der Waals surface area contributed by atoms with E-state index in [-0.39, 0.29) is 21.1 Å². The molecule has 0 aromatic carbocycles. The van der Waals surface area contributed by atoms with E-state index in [2.05, 4.69) is 190 Å². The monoisotopic (exact) mass is 1690 g/mol. The zero-order valence-electron chi connectivity index (χ0n) is 57.1. The van der Waals surface area contributed by atoms with E-state index in [1.807, 2.05) is 0 Å². The van der Waals surface area contributed by atoms with Gasteiger partial charge in [-0.2, -0.15) is 25.3 Å². The second-order valence-corrected chi connectivity index (χ2v) is 27.2. The number of hydrogen-bond acceptors (Lipinski definition) is 24. The number of hydrogen-bond donors (Lipinski definition) is 6. The summed E-state index contributed by atoms with van der Waals surface area (Å²) in [6.07, 6.45) is 38.6. The van der Waals surface area contributed by atoms with E-state index >= 15 is 0 Å². The third-order valence-electron chi connectivity index (χ3n) is 13.2. The van der Waals surface area contributed by atoms with Crippen molar-refractivity contribution in [2.75, 3.05) is 39.3 Å². The first-order valence-electron chi connectivity index (χ1n) is 31.9. The van der Waals surface area contributed by atoms with Crippen LogP contribution in [0.15, 0.2) is 0 Å². The predicted octanol–water partition coefficient (Wildman–Crippen LogP) is 16.1. The molecule has 6 atom stereocenters. The van der Waals surface area contributed by atoms with Crippen molar-refractivity contribution in [1.29, 1.82) is 0 Å². The molecule has 0 spiro atoms. The van der Waals surface area contributed by atoms with Crippen LogP contribution in [0.5, 0.6) is 0 Å². The first kappa shape index (κ1) is 123. The summed E-state index contributed by atoms with van der Waals surface area (Å²) in [5.41, 5.74) is 0. The molecule has 0 aliphatic carbocycles. The topological polar surface area (TPSA) is 175 Å². The Balaban J connectivity index is -0.0000000702. The molecule has 91 heavy (non-hydrogen) atoms. The molecule has 0 aromatic heterocycles. The van der Waals surface area contributed by atoms with Crippen LogP contribution in [0.2, 0.25) is 0 Å². The molecule has 0 aromatic rings. The van der Waals surface area contributed by atoms with Crippen LogP contribution in [-0.4, -0.2) is 90.4 Å². The minimum absolute atomic E-state index is 0. The predicted molar refractivity (Wildman–Crippen MR) is 444 cm³/mol. The summed E-state index contributed by atoms with van der Waals surface area (Å²) >= 11 is 74.8. The zero-order chi connectivity index (χ0) is 72.6. The quantitative estimate of drug-likeness (QED) is 0.0193. The molecule has 0 aliphatic rings. The van der Waals surface area contributed by atoms with E-state index < -0.39 is 0 Å². The fourth-order valence-electron chi connectivity index (χ4n) is 8.86. The Hall–Kier alpha value is 1.47. The van der Waals surface area contributed by atoms with Gasteiger partial charge in [0.15, 0.2) is 75.2 Å². The number of unbranched alkanes of at least 4 members (excludes halogenated alkanes) is 6. The van der Waals surface area contributed by atoms with Crippen LogP contribution < -0.4 is 31.9 Å². The van der Waals surface area contributed by atoms with E-state index in [1.54, 1.807) is 0 Å². The van der Waals surface area contributed by atoms with Crippen LogP contribution >= 0.6 is 73.3 Å². The molecule has 6 N–H and O–H groups in total. The van der Waals surface area contributed by atoms with Gasteiger partial charge in [-0.25, -0.2) is 0 Å². The fraction of sp³-hybridized carbons (Fsp3) is 0.900. The number of nitrogens with one attached hydrogen (secondary N) is 6. The van der Waals surface area contributed by atoms with E-state index in [0.29, 0.717) is 25.9 Å². The molecule has 0 bridgehead atoms. The molecule has 0 saturated heterocycles. The molecule has 0 heterocycles. The van der Waals surface area contributed by atoms with Gasteiger partial charge in [-0.3, -0.25) is 0 Å². The molecular formula is C60H120MoN6O6S18. The summed E-state index contributed by atoms with van der Waals surface area (Å²) in [5, 5.41) is 18.5. The summed E-state index contributed by atoms with van der Waals surface area (Å²) in [7, 11) is 0. The third kappa shape index (κ3) is 136. The van der Waals surface area contributed by atoms with Crippen LogP contribution in [0, 0.1) is 35.5 Å². The summed E-state index contributed by atoms with van der Waals surface area (Å²) < 4.78 is 50.1. The van der Waals surface area contributed by atoms with E-state index in [1.165, 1.54) is 193 Å². The molecule has 0 saturated carbocycles. The smallest absolute Gasteiger partial charge is 0.412 e. The molecule has 0 fully saturated rings. The summed E-state index contributed by atoms with van der Waals surface area (Å²) in [5.74, 6) is 4.53. The van der Waals surface area contributed by atoms with Gasteiger partial charge in [0, 0.05) is 39.3 Å². The third-order valence-corrected chi connectivity index (χ3v) is 14.9.